The van der Waals surface area contributed by atoms with Gasteiger partial charge in [0.15, 0.2) is 0 Å². The van der Waals surface area contributed by atoms with E-state index < -0.39 is 0 Å². The monoisotopic (exact) mass is 280 g/mol. The zero-order valence-corrected chi connectivity index (χ0v) is 12.4. The molecule has 1 saturated carbocycles. The molecule has 0 aromatic rings. The number of amides is 2. The smallest absolute Gasteiger partial charge is 0.245 e. The lowest BCUT2D eigenvalue weighted by Crippen LogP contribution is -2.48. The molecule has 3 fully saturated rings. The minimum Gasteiger partial charge on any atom is -0.371 e. The van der Waals surface area contributed by atoms with E-state index in [2.05, 4.69) is 19.2 Å². The van der Waals surface area contributed by atoms with E-state index in [0.717, 1.165) is 25.7 Å². The Kier molecular flexibility index (Phi) is 3.48. The van der Waals surface area contributed by atoms with E-state index in [1.54, 1.807) is 0 Å². The molecule has 2 amide bonds. The maximum Gasteiger partial charge on any atom is 0.245 e. The van der Waals surface area contributed by atoms with Crippen LogP contribution in [0, 0.1) is 5.92 Å². The molecule has 0 aromatic heterocycles. The summed E-state index contributed by atoms with van der Waals surface area (Å²) in [4.78, 5) is 26.2. The number of carbonyl (C=O) groups excluding carboxylic acids is 2. The molecule has 0 bridgehead atoms. The van der Waals surface area contributed by atoms with Crippen molar-refractivity contribution in [2.24, 2.45) is 5.92 Å². The topological polar surface area (TPSA) is 58.6 Å². The van der Waals surface area contributed by atoms with Crippen molar-refractivity contribution in [3.8, 4) is 0 Å². The van der Waals surface area contributed by atoms with Crippen molar-refractivity contribution < 1.29 is 14.3 Å². The summed E-state index contributed by atoms with van der Waals surface area (Å²) < 4.78 is 5.98. The molecule has 1 N–H and O–H groups in total. The number of ether oxygens (including phenoxy) is 1. The first kappa shape index (κ1) is 13.9. The van der Waals surface area contributed by atoms with Gasteiger partial charge in [-0.25, -0.2) is 0 Å². The third kappa shape index (κ3) is 2.97. The van der Waals surface area contributed by atoms with Gasteiger partial charge >= 0.3 is 0 Å². The fraction of sp³-hybridized carbons (Fsp3) is 0.867. The van der Waals surface area contributed by atoms with Crippen molar-refractivity contribution in [3.05, 3.63) is 0 Å². The van der Waals surface area contributed by atoms with Gasteiger partial charge in [-0.1, -0.05) is 0 Å². The molecule has 0 aromatic carbocycles. The van der Waals surface area contributed by atoms with E-state index in [0.29, 0.717) is 25.4 Å². The van der Waals surface area contributed by atoms with E-state index >= 15 is 0 Å². The molecule has 1 aliphatic carbocycles. The summed E-state index contributed by atoms with van der Waals surface area (Å²) >= 11 is 0. The van der Waals surface area contributed by atoms with Crippen LogP contribution in [-0.2, 0) is 14.3 Å². The van der Waals surface area contributed by atoms with Crippen LogP contribution in [0.25, 0.3) is 0 Å². The van der Waals surface area contributed by atoms with E-state index in [1.807, 2.05) is 4.90 Å². The van der Waals surface area contributed by atoms with E-state index in [1.165, 1.54) is 0 Å². The summed E-state index contributed by atoms with van der Waals surface area (Å²) in [5, 5.41) is 2.89. The van der Waals surface area contributed by atoms with Gasteiger partial charge < -0.3 is 15.0 Å². The Morgan fingerprint density at radius 2 is 2.05 bits per heavy atom. The van der Waals surface area contributed by atoms with Crippen LogP contribution in [0.5, 0.6) is 0 Å². The molecule has 112 valence electrons. The molecule has 2 unspecified atom stereocenters. The van der Waals surface area contributed by atoms with Crippen molar-refractivity contribution in [2.45, 2.75) is 63.7 Å². The quantitative estimate of drug-likeness (QED) is 0.841. The fourth-order valence-electron chi connectivity index (χ4n) is 3.23. The minimum absolute atomic E-state index is 0.00502. The van der Waals surface area contributed by atoms with Gasteiger partial charge in [0.2, 0.25) is 11.8 Å². The van der Waals surface area contributed by atoms with Crippen LogP contribution in [0.15, 0.2) is 0 Å². The molecule has 0 spiro atoms. The van der Waals surface area contributed by atoms with Crippen LogP contribution >= 0.6 is 0 Å². The van der Waals surface area contributed by atoms with E-state index in [-0.39, 0.29) is 29.6 Å². The van der Waals surface area contributed by atoms with Gasteiger partial charge in [0.1, 0.15) is 6.04 Å². The summed E-state index contributed by atoms with van der Waals surface area (Å²) in [5.41, 5.74) is -0.0798. The number of nitrogens with zero attached hydrogens (tertiary/aromatic N) is 1. The Morgan fingerprint density at radius 3 is 2.65 bits per heavy atom. The molecule has 5 heteroatoms. The highest BCUT2D eigenvalue weighted by Gasteiger charge is 2.42. The first-order valence-electron chi connectivity index (χ1n) is 7.70. The van der Waals surface area contributed by atoms with Gasteiger partial charge in [-0.3, -0.25) is 9.59 Å². The summed E-state index contributed by atoms with van der Waals surface area (Å²) in [6.07, 6.45) is 4.65. The average molecular weight is 280 g/mol. The van der Waals surface area contributed by atoms with Gasteiger partial charge in [0.05, 0.1) is 11.7 Å². The van der Waals surface area contributed by atoms with Crippen molar-refractivity contribution in [3.63, 3.8) is 0 Å². The van der Waals surface area contributed by atoms with Crippen molar-refractivity contribution in [1.29, 1.82) is 0 Å². The highest BCUT2D eigenvalue weighted by atomic mass is 16.5. The molecular formula is C15H24N2O3. The largest absolute Gasteiger partial charge is 0.371 e. The molecule has 2 heterocycles. The maximum absolute atomic E-state index is 12.6. The molecule has 2 saturated heterocycles. The summed E-state index contributed by atoms with van der Waals surface area (Å²) in [5.74, 6) is 0.449. The minimum atomic E-state index is -0.292. The fourth-order valence-corrected chi connectivity index (χ4v) is 3.23. The standard InChI is InChI=1S/C15H24N2O3/c1-15(2)7-5-11(20-15)9-17-8-6-12(18)16-13(14(17)19)10-3-4-10/h10-11,13H,3-9H2,1-2H3,(H,16,18). The second-order valence-corrected chi connectivity index (χ2v) is 6.96. The molecule has 3 aliphatic rings. The molecule has 20 heavy (non-hydrogen) atoms. The third-order valence-electron chi connectivity index (χ3n) is 4.57. The van der Waals surface area contributed by atoms with Crippen molar-refractivity contribution >= 4 is 11.8 Å². The SMILES string of the molecule is CC1(C)CCC(CN2CCC(=O)NC(C3CC3)C2=O)O1. The molecule has 2 atom stereocenters. The Morgan fingerprint density at radius 1 is 1.30 bits per heavy atom. The number of hydrogen-bond donors (Lipinski definition) is 1. The second-order valence-electron chi connectivity index (χ2n) is 6.96. The molecule has 2 aliphatic heterocycles. The zero-order chi connectivity index (χ0) is 14.3. The van der Waals surface area contributed by atoms with Crippen LogP contribution in [0.4, 0.5) is 0 Å². The lowest BCUT2D eigenvalue weighted by molar-refractivity contribution is -0.136. The summed E-state index contributed by atoms with van der Waals surface area (Å²) in [6.45, 7) is 5.33. The molecule has 3 rings (SSSR count). The van der Waals surface area contributed by atoms with Crippen molar-refractivity contribution in [2.75, 3.05) is 13.1 Å². The van der Waals surface area contributed by atoms with E-state index in [9.17, 15) is 9.59 Å². The second kappa shape index (κ2) is 5.02. The zero-order valence-electron chi connectivity index (χ0n) is 12.4. The van der Waals surface area contributed by atoms with Gasteiger partial charge in [-0.05, 0) is 45.4 Å². The molecule has 5 nitrogen and oxygen atoms in total. The summed E-state index contributed by atoms with van der Waals surface area (Å²) in [6, 6.07) is -0.292. The van der Waals surface area contributed by atoms with E-state index in [4.69, 9.17) is 4.74 Å². The van der Waals surface area contributed by atoms with Crippen LogP contribution in [0.3, 0.4) is 0 Å². The third-order valence-corrected chi connectivity index (χ3v) is 4.57. The van der Waals surface area contributed by atoms with Crippen LogP contribution in [0.1, 0.15) is 46.0 Å². The first-order chi connectivity index (χ1) is 9.44. The number of carbonyl (C=O) groups is 2. The van der Waals surface area contributed by atoms with Crippen molar-refractivity contribution in [1.82, 2.24) is 10.2 Å². The predicted octanol–water partition coefficient (Wildman–Crippen LogP) is 1.07. The Hall–Kier alpha value is -1.10. The Bertz CT molecular complexity index is 417. The van der Waals surface area contributed by atoms with Crippen LogP contribution in [0.2, 0.25) is 0 Å². The van der Waals surface area contributed by atoms with Crippen LogP contribution in [-0.4, -0.2) is 47.6 Å². The van der Waals surface area contributed by atoms with Gasteiger partial charge in [0, 0.05) is 19.5 Å². The van der Waals surface area contributed by atoms with Crippen LogP contribution < -0.4 is 5.32 Å². The highest BCUT2D eigenvalue weighted by molar-refractivity contribution is 5.90. The number of rotatable bonds is 3. The summed E-state index contributed by atoms with van der Waals surface area (Å²) in [7, 11) is 0. The normalized spacial score (nSPS) is 34.0. The first-order valence-corrected chi connectivity index (χ1v) is 7.70. The molecular weight excluding hydrogens is 256 g/mol. The Labute approximate surface area is 120 Å². The van der Waals surface area contributed by atoms with Gasteiger partial charge in [0.25, 0.3) is 0 Å². The average Bonchev–Trinajstić information content (AvgIpc) is 3.16. The maximum atomic E-state index is 12.6. The lowest BCUT2D eigenvalue weighted by atomic mass is 10.1. The van der Waals surface area contributed by atoms with Gasteiger partial charge in [-0.15, -0.1) is 0 Å². The molecule has 0 radical (unpaired) electrons. The predicted molar refractivity (Wildman–Crippen MR) is 74.0 cm³/mol. The lowest BCUT2D eigenvalue weighted by Gasteiger charge is -2.27. The number of hydrogen-bond acceptors (Lipinski definition) is 3. The van der Waals surface area contributed by atoms with Gasteiger partial charge in [-0.2, -0.15) is 0 Å². The number of nitrogens with one attached hydrogen (secondary N) is 1. The Balaban J connectivity index is 1.65. The highest BCUT2D eigenvalue weighted by Crippen LogP contribution is 2.35.